The first-order chi connectivity index (χ1) is 14.8. The summed E-state index contributed by atoms with van der Waals surface area (Å²) in [7, 11) is 1.56. The lowest BCUT2D eigenvalue weighted by atomic mass is 9.95. The predicted molar refractivity (Wildman–Crippen MR) is 116 cm³/mol. The van der Waals surface area contributed by atoms with Gasteiger partial charge in [-0.1, -0.05) is 23.7 Å². The third kappa shape index (κ3) is 5.06. The summed E-state index contributed by atoms with van der Waals surface area (Å²) in [5.74, 6) is -0.0868. The van der Waals surface area contributed by atoms with E-state index in [2.05, 4.69) is 5.32 Å². The normalized spacial score (nSPS) is 16.1. The summed E-state index contributed by atoms with van der Waals surface area (Å²) in [4.78, 5) is 38.3. The van der Waals surface area contributed by atoms with Crippen LogP contribution in [0, 0.1) is 0 Å². The highest BCUT2D eigenvalue weighted by atomic mass is 35.5. The van der Waals surface area contributed by atoms with Gasteiger partial charge in [-0.3, -0.25) is 9.69 Å². The third-order valence-corrected chi connectivity index (χ3v) is 5.16. The third-order valence-electron chi connectivity index (χ3n) is 4.91. The van der Waals surface area contributed by atoms with Crippen LogP contribution in [-0.4, -0.2) is 42.9 Å². The summed E-state index contributed by atoms with van der Waals surface area (Å²) < 4.78 is 11.1. The average Bonchev–Trinajstić information content (AvgIpc) is 2.75. The Morgan fingerprint density at radius 1 is 1.10 bits per heavy atom. The van der Waals surface area contributed by atoms with Gasteiger partial charge in [0.2, 0.25) is 0 Å². The van der Waals surface area contributed by atoms with Crippen molar-refractivity contribution in [3.05, 3.63) is 76.0 Å². The van der Waals surface area contributed by atoms with Gasteiger partial charge in [-0.25, -0.2) is 9.59 Å². The van der Waals surface area contributed by atoms with Crippen LogP contribution in [0.4, 0.5) is 4.79 Å². The second-order valence-electron chi connectivity index (χ2n) is 6.94. The number of ketones is 1. The largest absolute Gasteiger partial charge is 0.487 e. The smallest absolute Gasteiger partial charge is 0.338 e. The van der Waals surface area contributed by atoms with Gasteiger partial charge in [0.1, 0.15) is 12.4 Å². The van der Waals surface area contributed by atoms with E-state index in [0.29, 0.717) is 27.6 Å². The number of benzene rings is 2. The Labute approximate surface area is 185 Å². The molecule has 1 aliphatic rings. The zero-order valence-corrected chi connectivity index (χ0v) is 18.2. The summed E-state index contributed by atoms with van der Waals surface area (Å²) in [5.41, 5.74) is 1.93. The van der Waals surface area contributed by atoms with Crippen LogP contribution in [0.5, 0.6) is 5.75 Å². The van der Waals surface area contributed by atoms with Gasteiger partial charge in [0.15, 0.2) is 5.78 Å². The number of nitrogens with zero attached hydrogens (tertiary/aromatic N) is 1. The van der Waals surface area contributed by atoms with Crippen LogP contribution < -0.4 is 10.1 Å². The van der Waals surface area contributed by atoms with Gasteiger partial charge in [-0.15, -0.1) is 0 Å². The molecule has 0 unspecified atom stereocenters. The van der Waals surface area contributed by atoms with Crippen LogP contribution in [0.3, 0.4) is 0 Å². The Morgan fingerprint density at radius 3 is 2.32 bits per heavy atom. The first kappa shape index (κ1) is 22.4. The van der Waals surface area contributed by atoms with Crippen LogP contribution in [-0.2, 0) is 9.53 Å². The Bertz CT molecular complexity index is 1020. The number of likely N-dealkylation sites (N-methyl/N-ethyl adjacent to an activating group) is 1. The number of Topliss-reactive ketones (excluding diaryl/α,β-unsaturated/α-hetero) is 1. The molecule has 0 radical (unpaired) electrons. The van der Waals surface area contributed by atoms with E-state index in [1.165, 1.54) is 11.8 Å². The highest BCUT2D eigenvalue weighted by molar-refractivity contribution is 6.30. The topological polar surface area (TPSA) is 84.9 Å². The number of hydrogen-bond acceptors (Lipinski definition) is 5. The Hall–Kier alpha value is -3.32. The molecule has 0 bridgehead atoms. The number of esters is 1. The molecule has 1 heterocycles. The van der Waals surface area contributed by atoms with Gasteiger partial charge >= 0.3 is 12.0 Å². The van der Waals surface area contributed by atoms with Crippen molar-refractivity contribution >= 4 is 29.4 Å². The van der Waals surface area contributed by atoms with Gasteiger partial charge in [0, 0.05) is 17.6 Å². The van der Waals surface area contributed by atoms with E-state index in [1.54, 1.807) is 62.5 Å². The molecule has 7 nitrogen and oxygen atoms in total. The van der Waals surface area contributed by atoms with E-state index >= 15 is 0 Å². The van der Waals surface area contributed by atoms with Crippen molar-refractivity contribution < 1.29 is 23.9 Å². The molecule has 0 aromatic heterocycles. The minimum absolute atomic E-state index is 0.0401. The van der Waals surface area contributed by atoms with Crippen molar-refractivity contribution in [2.24, 2.45) is 0 Å². The lowest BCUT2D eigenvalue weighted by Gasteiger charge is -2.34. The summed E-state index contributed by atoms with van der Waals surface area (Å²) in [6.07, 6.45) is 0. The maximum absolute atomic E-state index is 12.9. The summed E-state index contributed by atoms with van der Waals surface area (Å²) in [6, 6.07) is 12.4. The molecule has 0 aliphatic carbocycles. The van der Waals surface area contributed by atoms with E-state index < -0.39 is 12.0 Å². The van der Waals surface area contributed by atoms with Crippen molar-refractivity contribution in [3.63, 3.8) is 0 Å². The van der Waals surface area contributed by atoms with Crippen molar-refractivity contribution in [1.29, 1.82) is 0 Å². The Morgan fingerprint density at radius 2 is 1.74 bits per heavy atom. The first-order valence-corrected chi connectivity index (χ1v) is 10.1. The summed E-state index contributed by atoms with van der Waals surface area (Å²) in [6.45, 7) is 3.35. The number of hydrogen-bond donors (Lipinski definition) is 1. The van der Waals surface area contributed by atoms with Gasteiger partial charge in [0.05, 0.1) is 23.9 Å². The number of carbonyl (C=O) groups excluding carboxylic acids is 3. The molecular weight excluding hydrogens is 420 g/mol. The average molecular weight is 443 g/mol. The zero-order chi connectivity index (χ0) is 22.5. The number of ether oxygens (including phenoxy) is 2. The molecule has 1 atom stereocenters. The number of carbonyl (C=O) groups is 3. The molecular formula is C23H23ClN2O5. The number of halogens is 1. The molecule has 0 saturated carbocycles. The van der Waals surface area contributed by atoms with Crippen LogP contribution in [0.1, 0.15) is 35.8 Å². The van der Waals surface area contributed by atoms with Gasteiger partial charge < -0.3 is 14.8 Å². The lowest BCUT2D eigenvalue weighted by Crippen LogP contribution is -2.48. The molecule has 1 N–H and O–H groups in total. The van der Waals surface area contributed by atoms with Crippen molar-refractivity contribution in [2.75, 3.05) is 20.3 Å². The first-order valence-electron chi connectivity index (χ1n) is 9.75. The lowest BCUT2D eigenvalue weighted by molar-refractivity contribution is -0.139. The van der Waals surface area contributed by atoms with Crippen LogP contribution in [0.25, 0.3) is 0 Å². The zero-order valence-electron chi connectivity index (χ0n) is 17.5. The monoisotopic (exact) mass is 442 g/mol. The molecule has 8 heteroatoms. The Kier molecular flexibility index (Phi) is 6.97. The van der Waals surface area contributed by atoms with E-state index in [9.17, 15) is 14.4 Å². The number of urea groups is 1. The van der Waals surface area contributed by atoms with Crippen molar-refractivity contribution in [1.82, 2.24) is 10.2 Å². The van der Waals surface area contributed by atoms with Crippen LogP contribution in [0.2, 0.25) is 5.02 Å². The number of amides is 2. The van der Waals surface area contributed by atoms with Gasteiger partial charge in [-0.2, -0.15) is 0 Å². The molecule has 0 saturated heterocycles. The molecule has 2 amide bonds. The maximum Gasteiger partial charge on any atom is 0.338 e. The van der Waals surface area contributed by atoms with E-state index in [1.807, 2.05) is 0 Å². The Balaban J connectivity index is 1.97. The summed E-state index contributed by atoms with van der Waals surface area (Å²) in [5, 5.41) is 3.38. The molecule has 0 spiro atoms. The molecule has 0 fully saturated rings. The standard InChI is InChI=1S/C23H23ClN2O5/c1-4-30-22(28)20-19(13-31-18-11-7-15(8-12-18)14(2)27)26(3)23(29)25-21(20)16-5-9-17(24)10-6-16/h5-12,21H,4,13H2,1-3H3,(H,25,29)/t21-/m0/s1. The number of nitrogens with one attached hydrogen (secondary N) is 1. The van der Waals surface area contributed by atoms with Gasteiger partial charge in [0.25, 0.3) is 0 Å². The minimum atomic E-state index is -0.710. The molecule has 162 valence electrons. The quantitative estimate of drug-likeness (QED) is 0.514. The minimum Gasteiger partial charge on any atom is -0.487 e. The SMILES string of the molecule is CCOC(=O)C1=C(COc2ccc(C(C)=O)cc2)N(C)C(=O)N[C@H]1c1ccc(Cl)cc1. The van der Waals surface area contributed by atoms with E-state index in [4.69, 9.17) is 21.1 Å². The number of rotatable bonds is 7. The molecule has 1 aliphatic heterocycles. The molecule has 2 aromatic rings. The second-order valence-corrected chi connectivity index (χ2v) is 7.38. The second kappa shape index (κ2) is 9.66. The predicted octanol–water partition coefficient (Wildman–Crippen LogP) is 4.13. The van der Waals surface area contributed by atoms with Crippen LogP contribution in [0.15, 0.2) is 59.8 Å². The maximum atomic E-state index is 12.9. The highest BCUT2D eigenvalue weighted by Gasteiger charge is 2.37. The molecule has 31 heavy (non-hydrogen) atoms. The highest BCUT2D eigenvalue weighted by Crippen LogP contribution is 2.32. The fraction of sp³-hybridized carbons (Fsp3) is 0.261. The van der Waals surface area contributed by atoms with Crippen molar-refractivity contribution in [2.45, 2.75) is 19.9 Å². The fourth-order valence-electron chi connectivity index (χ4n) is 3.22. The van der Waals surface area contributed by atoms with Gasteiger partial charge in [-0.05, 0) is 55.8 Å². The molecule has 3 rings (SSSR count). The van der Waals surface area contributed by atoms with E-state index in [-0.39, 0.29) is 30.6 Å². The van der Waals surface area contributed by atoms with E-state index in [0.717, 1.165) is 0 Å². The fourth-order valence-corrected chi connectivity index (χ4v) is 3.35. The van der Waals surface area contributed by atoms with Crippen LogP contribution >= 0.6 is 11.6 Å². The van der Waals surface area contributed by atoms with Crippen molar-refractivity contribution in [3.8, 4) is 5.75 Å². The molecule has 2 aromatic carbocycles. The summed E-state index contributed by atoms with van der Waals surface area (Å²) >= 11 is 5.99.